The van der Waals surface area contributed by atoms with Crippen molar-refractivity contribution in [3.8, 4) is 0 Å². The number of ketones is 1. The number of benzene rings is 2. The van der Waals surface area contributed by atoms with Crippen molar-refractivity contribution < 1.29 is 23.9 Å². The number of aldehydes is 1. The molecule has 1 aliphatic carbocycles. The van der Waals surface area contributed by atoms with Gasteiger partial charge in [0.05, 0.1) is 23.0 Å². The fourth-order valence-electron chi connectivity index (χ4n) is 4.18. The summed E-state index contributed by atoms with van der Waals surface area (Å²) in [6, 6.07) is 11.3. The highest BCUT2D eigenvalue weighted by molar-refractivity contribution is 6.42. The van der Waals surface area contributed by atoms with Gasteiger partial charge in [-0.25, -0.2) is 4.79 Å². The van der Waals surface area contributed by atoms with E-state index in [2.05, 4.69) is 0 Å². The predicted octanol–water partition coefficient (Wildman–Crippen LogP) is 5.81. The van der Waals surface area contributed by atoms with Crippen LogP contribution in [0.2, 0.25) is 10.0 Å². The second-order valence-electron chi connectivity index (χ2n) is 9.01. The van der Waals surface area contributed by atoms with E-state index in [4.69, 9.17) is 27.9 Å². The van der Waals surface area contributed by atoms with Crippen molar-refractivity contribution in [2.75, 3.05) is 4.90 Å². The molecule has 0 N–H and O–H groups in total. The molecular weight excluding hydrogens is 477 g/mol. The maximum absolute atomic E-state index is 13.2. The number of esters is 1. The van der Waals surface area contributed by atoms with E-state index < -0.39 is 29.7 Å². The minimum atomic E-state index is -1.00. The van der Waals surface area contributed by atoms with Crippen LogP contribution < -0.4 is 4.90 Å². The summed E-state index contributed by atoms with van der Waals surface area (Å²) >= 11 is 12.1. The molecule has 180 valence electrons. The van der Waals surface area contributed by atoms with Crippen molar-refractivity contribution in [3.63, 3.8) is 0 Å². The van der Waals surface area contributed by atoms with Crippen LogP contribution in [0.15, 0.2) is 42.5 Å². The quantitative estimate of drug-likeness (QED) is 0.186. The van der Waals surface area contributed by atoms with Crippen molar-refractivity contribution >= 4 is 52.8 Å². The molecule has 0 atom stereocenters. The Morgan fingerprint density at radius 1 is 1.03 bits per heavy atom. The first-order valence-corrected chi connectivity index (χ1v) is 11.9. The number of amides is 1. The molecule has 0 unspecified atom stereocenters. The maximum atomic E-state index is 13.2. The lowest BCUT2D eigenvalue weighted by atomic mass is 9.89. The number of halogens is 2. The van der Waals surface area contributed by atoms with Gasteiger partial charge in [-0.2, -0.15) is 0 Å². The monoisotopic (exact) mass is 503 g/mol. The zero-order valence-electron chi connectivity index (χ0n) is 19.2. The number of carbonyl (C=O) groups is 4. The van der Waals surface area contributed by atoms with Gasteiger partial charge in [-0.05, 0) is 74.6 Å². The number of nitrogens with zero attached hydrogens (tertiary/aromatic N) is 1. The number of ether oxygens (including phenoxy) is 1. The highest BCUT2D eigenvalue weighted by Crippen LogP contribution is 2.36. The van der Waals surface area contributed by atoms with E-state index in [9.17, 15) is 19.2 Å². The number of hydrogen-bond acceptors (Lipinski definition) is 5. The lowest BCUT2D eigenvalue weighted by molar-refractivity contribution is -0.168. The normalized spacial score (nSPS) is 14.0. The Kier molecular flexibility index (Phi) is 8.50. The first kappa shape index (κ1) is 25.9. The van der Waals surface area contributed by atoms with Crippen molar-refractivity contribution in [2.24, 2.45) is 5.92 Å². The summed E-state index contributed by atoms with van der Waals surface area (Å²) in [5.74, 6) is -2.29. The molecule has 2 aromatic rings. The van der Waals surface area contributed by atoms with Crippen LogP contribution in [0.25, 0.3) is 0 Å². The van der Waals surface area contributed by atoms with E-state index in [-0.39, 0.29) is 12.5 Å². The lowest BCUT2D eigenvalue weighted by Crippen LogP contribution is -2.39. The summed E-state index contributed by atoms with van der Waals surface area (Å²) in [6.45, 7) is 3.70. The molecule has 1 aliphatic rings. The van der Waals surface area contributed by atoms with Gasteiger partial charge in [0.2, 0.25) is 11.7 Å². The molecule has 0 radical (unpaired) electrons. The number of rotatable bonds is 9. The van der Waals surface area contributed by atoms with Crippen LogP contribution >= 0.6 is 23.2 Å². The molecule has 0 saturated heterocycles. The maximum Gasteiger partial charge on any atom is 0.375 e. The summed E-state index contributed by atoms with van der Waals surface area (Å²) in [4.78, 5) is 50.7. The average Bonchev–Trinajstić information content (AvgIpc) is 3.35. The van der Waals surface area contributed by atoms with Crippen LogP contribution in [-0.2, 0) is 25.7 Å². The largest absolute Gasteiger partial charge is 0.454 e. The molecule has 3 rings (SSSR count). The fourth-order valence-corrected chi connectivity index (χ4v) is 4.50. The summed E-state index contributed by atoms with van der Waals surface area (Å²) in [5.41, 5.74) is 0.824. The molecule has 2 aromatic carbocycles. The molecule has 0 spiro atoms. The van der Waals surface area contributed by atoms with E-state index in [0.29, 0.717) is 33.1 Å². The molecule has 34 heavy (non-hydrogen) atoms. The van der Waals surface area contributed by atoms with Gasteiger partial charge in [0.1, 0.15) is 11.9 Å². The molecule has 0 aromatic heterocycles. The van der Waals surface area contributed by atoms with E-state index in [1.165, 1.54) is 4.90 Å². The van der Waals surface area contributed by atoms with Gasteiger partial charge in [0, 0.05) is 11.3 Å². The van der Waals surface area contributed by atoms with Crippen molar-refractivity contribution in [2.45, 2.75) is 58.1 Å². The Labute approximate surface area is 209 Å². The Bertz CT molecular complexity index is 1080. The molecule has 0 bridgehead atoms. The summed E-state index contributed by atoms with van der Waals surface area (Å²) in [6.07, 6.45) is 4.09. The van der Waals surface area contributed by atoms with Crippen LogP contribution in [0, 0.1) is 5.92 Å². The third-order valence-electron chi connectivity index (χ3n) is 6.20. The minimum Gasteiger partial charge on any atom is -0.454 e. The van der Waals surface area contributed by atoms with Gasteiger partial charge in [0.15, 0.2) is 0 Å². The van der Waals surface area contributed by atoms with Crippen LogP contribution in [0.4, 0.5) is 5.69 Å². The van der Waals surface area contributed by atoms with Gasteiger partial charge in [-0.15, -0.1) is 0 Å². The summed E-state index contributed by atoms with van der Waals surface area (Å²) < 4.78 is 5.52. The van der Waals surface area contributed by atoms with Crippen LogP contribution in [0.5, 0.6) is 0 Å². The Morgan fingerprint density at radius 2 is 1.68 bits per heavy atom. The first-order chi connectivity index (χ1) is 16.1. The standard InChI is InChI=1S/C26H27Cl2NO5/c1-26(2,19-5-3-4-6-19)34-25(33)23(31)14-24(32)29(20-10-7-17(16-30)8-11-20)15-18-9-12-21(27)22(28)13-18/h7-13,16,19H,3-6,14-15H2,1-2H3. The Balaban J connectivity index is 1.76. The Morgan fingerprint density at radius 3 is 2.26 bits per heavy atom. The van der Waals surface area contributed by atoms with Gasteiger partial charge >= 0.3 is 5.97 Å². The zero-order valence-corrected chi connectivity index (χ0v) is 20.7. The lowest BCUT2D eigenvalue weighted by Gasteiger charge is -2.31. The van der Waals surface area contributed by atoms with Crippen LogP contribution in [0.1, 0.15) is 61.9 Å². The molecule has 1 amide bonds. The topological polar surface area (TPSA) is 80.8 Å². The predicted molar refractivity (Wildman–Crippen MR) is 131 cm³/mol. The van der Waals surface area contributed by atoms with Crippen molar-refractivity contribution in [1.82, 2.24) is 0 Å². The zero-order chi connectivity index (χ0) is 24.9. The fraction of sp³-hybridized carbons (Fsp3) is 0.385. The molecular formula is C26H27Cl2NO5. The van der Waals surface area contributed by atoms with Gasteiger partial charge in [-0.1, -0.05) is 42.1 Å². The van der Waals surface area contributed by atoms with E-state index in [1.54, 1.807) is 56.3 Å². The highest BCUT2D eigenvalue weighted by atomic mass is 35.5. The van der Waals surface area contributed by atoms with Crippen molar-refractivity contribution in [3.05, 3.63) is 63.6 Å². The highest BCUT2D eigenvalue weighted by Gasteiger charge is 2.37. The van der Waals surface area contributed by atoms with Crippen LogP contribution in [-0.4, -0.2) is 29.5 Å². The molecule has 0 heterocycles. The minimum absolute atomic E-state index is 0.0893. The van der Waals surface area contributed by atoms with E-state index in [1.807, 2.05) is 0 Å². The average molecular weight is 504 g/mol. The number of anilines is 1. The molecule has 0 aliphatic heterocycles. The van der Waals surface area contributed by atoms with E-state index >= 15 is 0 Å². The van der Waals surface area contributed by atoms with E-state index in [0.717, 1.165) is 25.7 Å². The molecule has 1 fully saturated rings. The number of carbonyl (C=O) groups excluding carboxylic acids is 4. The number of Topliss-reactive ketones (excluding diaryl/α,β-unsaturated/α-hetero) is 1. The summed E-state index contributed by atoms with van der Waals surface area (Å²) in [5, 5.41) is 0.707. The van der Waals surface area contributed by atoms with Gasteiger partial charge in [0.25, 0.3) is 0 Å². The second-order valence-corrected chi connectivity index (χ2v) is 9.83. The van der Waals surface area contributed by atoms with Crippen molar-refractivity contribution in [1.29, 1.82) is 0 Å². The second kappa shape index (κ2) is 11.2. The van der Waals surface area contributed by atoms with Gasteiger partial charge in [-0.3, -0.25) is 14.4 Å². The Hall–Kier alpha value is -2.70. The first-order valence-electron chi connectivity index (χ1n) is 11.2. The van der Waals surface area contributed by atoms with Gasteiger partial charge < -0.3 is 9.64 Å². The smallest absolute Gasteiger partial charge is 0.375 e. The number of hydrogen-bond donors (Lipinski definition) is 0. The van der Waals surface area contributed by atoms with Crippen LogP contribution in [0.3, 0.4) is 0 Å². The third kappa shape index (κ3) is 6.45. The molecule has 6 nitrogen and oxygen atoms in total. The third-order valence-corrected chi connectivity index (χ3v) is 6.94. The summed E-state index contributed by atoms with van der Waals surface area (Å²) in [7, 11) is 0. The molecule has 8 heteroatoms. The molecule has 1 saturated carbocycles. The SMILES string of the molecule is CC(C)(OC(=O)C(=O)CC(=O)N(Cc1ccc(Cl)c(Cl)c1)c1ccc(C=O)cc1)C1CCCC1.